The fourth-order valence-corrected chi connectivity index (χ4v) is 2.39. The Kier molecular flexibility index (Phi) is 4.37. The summed E-state index contributed by atoms with van der Waals surface area (Å²) in [6.07, 6.45) is 1.78. The maximum Gasteiger partial charge on any atom is 0.316 e. The van der Waals surface area contributed by atoms with Gasteiger partial charge in [-0.05, 0) is 26.3 Å². The Labute approximate surface area is 96.1 Å². The first-order valence-corrected chi connectivity index (χ1v) is 5.29. The van der Waals surface area contributed by atoms with E-state index in [9.17, 15) is 4.79 Å². The normalized spacial score (nSPS) is 34.1. The highest BCUT2D eigenvalue weighted by molar-refractivity contribution is 5.85. The first-order valence-electron chi connectivity index (χ1n) is 5.29. The van der Waals surface area contributed by atoms with Gasteiger partial charge in [-0.15, -0.1) is 12.4 Å². The highest BCUT2D eigenvalue weighted by Gasteiger charge is 2.52. The maximum atomic E-state index is 11.9. The van der Waals surface area contributed by atoms with Crippen LogP contribution in [0, 0.1) is 5.41 Å². The Balaban J connectivity index is 0.00000112. The second-order valence-corrected chi connectivity index (χ2v) is 3.95. The molecule has 2 aliphatic heterocycles. The van der Waals surface area contributed by atoms with Gasteiger partial charge in [0.25, 0.3) is 0 Å². The van der Waals surface area contributed by atoms with Gasteiger partial charge in [0, 0.05) is 13.2 Å². The molecule has 0 aromatic heterocycles. The van der Waals surface area contributed by atoms with E-state index in [0.717, 1.165) is 19.4 Å². The summed E-state index contributed by atoms with van der Waals surface area (Å²) in [7, 11) is 0. The summed E-state index contributed by atoms with van der Waals surface area (Å²) < 4.78 is 10.7. The van der Waals surface area contributed by atoms with Crippen molar-refractivity contribution >= 4 is 18.4 Å². The number of hydrogen-bond donors (Lipinski definition) is 1. The smallest absolute Gasteiger partial charge is 0.316 e. The summed E-state index contributed by atoms with van der Waals surface area (Å²) in [5.41, 5.74) is -0.395. The van der Waals surface area contributed by atoms with E-state index < -0.39 is 5.41 Å². The lowest BCUT2D eigenvalue weighted by Gasteiger charge is -2.35. The molecule has 0 spiro atoms. The number of hydrogen-bond acceptors (Lipinski definition) is 4. The molecule has 2 heterocycles. The number of carbonyl (C=O) groups is 1. The molecule has 1 N–H and O–H groups in total. The molecule has 0 saturated carbocycles. The highest BCUT2D eigenvalue weighted by Crippen LogP contribution is 2.39. The maximum absolute atomic E-state index is 11.9. The van der Waals surface area contributed by atoms with Crippen molar-refractivity contribution in [2.75, 3.05) is 26.3 Å². The van der Waals surface area contributed by atoms with Crippen LogP contribution in [-0.2, 0) is 14.3 Å². The number of halogens is 1. The molecule has 88 valence electrons. The van der Waals surface area contributed by atoms with Gasteiger partial charge in [0.15, 0.2) is 0 Å². The van der Waals surface area contributed by atoms with Gasteiger partial charge >= 0.3 is 5.97 Å². The number of nitrogens with one attached hydrogen (secondary N) is 1. The Morgan fingerprint density at radius 2 is 2.47 bits per heavy atom. The largest absolute Gasteiger partial charge is 0.465 e. The Bertz CT molecular complexity index is 237. The SMILES string of the molecule is CCOC(=O)[C@@]12CCO[C@H]1CCNC2.Cl. The molecule has 0 radical (unpaired) electrons. The molecule has 2 saturated heterocycles. The average Bonchev–Trinajstić information content (AvgIpc) is 2.62. The van der Waals surface area contributed by atoms with Gasteiger partial charge in [-0.3, -0.25) is 4.79 Å². The van der Waals surface area contributed by atoms with Crippen LogP contribution in [0.2, 0.25) is 0 Å². The molecule has 2 fully saturated rings. The zero-order valence-corrected chi connectivity index (χ0v) is 9.77. The molecule has 0 aliphatic carbocycles. The van der Waals surface area contributed by atoms with E-state index in [1.54, 1.807) is 0 Å². The molecule has 0 aromatic carbocycles. The molecule has 0 amide bonds. The molecule has 4 nitrogen and oxygen atoms in total. The van der Waals surface area contributed by atoms with Crippen molar-refractivity contribution in [3.8, 4) is 0 Å². The second kappa shape index (κ2) is 5.14. The van der Waals surface area contributed by atoms with Crippen LogP contribution in [-0.4, -0.2) is 38.4 Å². The van der Waals surface area contributed by atoms with E-state index >= 15 is 0 Å². The lowest BCUT2D eigenvalue weighted by Crippen LogP contribution is -2.52. The van der Waals surface area contributed by atoms with Gasteiger partial charge in [0.05, 0.1) is 12.7 Å². The fourth-order valence-electron chi connectivity index (χ4n) is 2.39. The topological polar surface area (TPSA) is 47.6 Å². The van der Waals surface area contributed by atoms with Crippen molar-refractivity contribution in [2.24, 2.45) is 5.41 Å². The molecule has 0 unspecified atom stereocenters. The summed E-state index contributed by atoms with van der Waals surface area (Å²) in [6.45, 7) is 4.62. The lowest BCUT2D eigenvalue weighted by atomic mass is 9.77. The molecule has 0 bridgehead atoms. The molecule has 2 aliphatic rings. The molecular formula is C10H18ClNO3. The molecule has 15 heavy (non-hydrogen) atoms. The number of fused-ring (bicyclic) bond motifs is 1. The number of rotatable bonds is 2. The molecule has 5 heteroatoms. The predicted molar refractivity (Wildman–Crippen MR) is 58.2 cm³/mol. The Morgan fingerprint density at radius 3 is 3.20 bits per heavy atom. The minimum Gasteiger partial charge on any atom is -0.465 e. The Morgan fingerprint density at radius 1 is 1.67 bits per heavy atom. The molecular weight excluding hydrogens is 218 g/mol. The van der Waals surface area contributed by atoms with Crippen LogP contribution < -0.4 is 5.32 Å². The lowest BCUT2D eigenvalue weighted by molar-refractivity contribution is -0.160. The standard InChI is InChI=1S/C10H17NO3.ClH/c1-2-13-9(12)10-4-6-14-8(10)3-5-11-7-10;/h8,11H,2-7H2,1H3;1H/t8-,10+;/m0./s1. The third-order valence-corrected chi connectivity index (χ3v) is 3.19. The quantitative estimate of drug-likeness (QED) is 0.718. The van der Waals surface area contributed by atoms with Crippen molar-refractivity contribution in [1.82, 2.24) is 5.32 Å². The van der Waals surface area contributed by atoms with Crippen LogP contribution in [0.15, 0.2) is 0 Å². The van der Waals surface area contributed by atoms with Crippen LogP contribution in [0.25, 0.3) is 0 Å². The fraction of sp³-hybridized carbons (Fsp3) is 0.900. The van der Waals surface area contributed by atoms with E-state index in [1.165, 1.54) is 0 Å². The van der Waals surface area contributed by atoms with E-state index in [0.29, 0.717) is 19.8 Å². The number of ether oxygens (including phenoxy) is 2. The van der Waals surface area contributed by atoms with Crippen molar-refractivity contribution < 1.29 is 14.3 Å². The van der Waals surface area contributed by atoms with Gasteiger partial charge in [-0.1, -0.05) is 0 Å². The van der Waals surface area contributed by atoms with E-state index in [-0.39, 0.29) is 24.5 Å². The monoisotopic (exact) mass is 235 g/mol. The van der Waals surface area contributed by atoms with Gasteiger partial charge in [-0.2, -0.15) is 0 Å². The van der Waals surface area contributed by atoms with E-state index in [1.807, 2.05) is 6.92 Å². The van der Waals surface area contributed by atoms with Gasteiger partial charge in [0.1, 0.15) is 5.41 Å². The summed E-state index contributed by atoms with van der Waals surface area (Å²) in [5, 5.41) is 3.26. The molecule has 2 rings (SSSR count). The molecule has 2 atom stereocenters. The van der Waals surface area contributed by atoms with Crippen molar-refractivity contribution in [3.05, 3.63) is 0 Å². The van der Waals surface area contributed by atoms with Crippen LogP contribution in [0.5, 0.6) is 0 Å². The summed E-state index contributed by atoms with van der Waals surface area (Å²) in [6, 6.07) is 0. The van der Waals surface area contributed by atoms with Gasteiger partial charge < -0.3 is 14.8 Å². The van der Waals surface area contributed by atoms with E-state index in [4.69, 9.17) is 9.47 Å². The third-order valence-electron chi connectivity index (χ3n) is 3.19. The minimum absolute atomic E-state index is 0. The van der Waals surface area contributed by atoms with Crippen molar-refractivity contribution in [1.29, 1.82) is 0 Å². The first kappa shape index (κ1) is 12.7. The van der Waals surface area contributed by atoms with Crippen LogP contribution in [0.1, 0.15) is 19.8 Å². The van der Waals surface area contributed by atoms with Gasteiger partial charge in [-0.25, -0.2) is 0 Å². The molecule has 0 aromatic rings. The highest BCUT2D eigenvalue weighted by atomic mass is 35.5. The zero-order chi connectivity index (χ0) is 10.0. The summed E-state index contributed by atoms with van der Waals surface area (Å²) in [4.78, 5) is 11.9. The number of carbonyl (C=O) groups excluding carboxylic acids is 1. The Hall–Kier alpha value is -0.320. The number of esters is 1. The second-order valence-electron chi connectivity index (χ2n) is 3.95. The summed E-state index contributed by atoms with van der Waals surface area (Å²) >= 11 is 0. The third kappa shape index (κ3) is 2.12. The summed E-state index contributed by atoms with van der Waals surface area (Å²) in [5.74, 6) is -0.0882. The minimum atomic E-state index is -0.395. The first-order chi connectivity index (χ1) is 6.79. The number of piperidine rings is 1. The van der Waals surface area contributed by atoms with E-state index in [2.05, 4.69) is 5.32 Å². The zero-order valence-electron chi connectivity index (χ0n) is 8.95. The van der Waals surface area contributed by atoms with Crippen LogP contribution in [0.4, 0.5) is 0 Å². The van der Waals surface area contributed by atoms with Crippen molar-refractivity contribution in [3.63, 3.8) is 0 Å². The van der Waals surface area contributed by atoms with Crippen LogP contribution in [0.3, 0.4) is 0 Å². The van der Waals surface area contributed by atoms with Gasteiger partial charge in [0.2, 0.25) is 0 Å². The predicted octanol–water partition coefficient (Wildman–Crippen LogP) is 0.740. The van der Waals surface area contributed by atoms with Crippen LogP contribution >= 0.6 is 12.4 Å². The van der Waals surface area contributed by atoms with Crippen molar-refractivity contribution in [2.45, 2.75) is 25.9 Å². The average molecular weight is 236 g/mol.